The van der Waals surface area contributed by atoms with Crippen LogP contribution < -0.4 is 5.73 Å². The predicted octanol–water partition coefficient (Wildman–Crippen LogP) is 3.40. The van der Waals surface area contributed by atoms with Gasteiger partial charge in [-0.25, -0.2) is 0 Å². The molecule has 0 spiro atoms. The zero-order valence-electron chi connectivity index (χ0n) is 10.4. The minimum Gasteiger partial charge on any atom is -0.316 e. The first-order valence-electron chi connectivity index (χ1n) is 6.47. The molecular weight excluding hydrogens is 232 g/mol. The fraction of sp³-hybridized carbons (Fsp3) is 0.294. The van der Waals surface area contributed by atoms with Crippen molar-refractivity contribution in [1.82, 2.24) is 4.90 Å². The maximum Gasteiger partial charge on any atom is 0.0615 e. The third kappa shape index (κ3) is 2.70. The van der Waals surface area contributed by atoms with Gasteiger partial charge in [-0.15, -0.1) is 0 Å². The summed E-state index contributed by atoms with van der Waals surface area (Å²) in [7, 11) is 0. The highest BCUT2D eigenvalue weighted by molar-refractivity contribution is 5.32. The first-order valence-corrected chi connectivity index (χ1v) is 6.47. The molecule has 1 saturated heterocycles. The number of rotatable bonds is 3. The fourth-order valence-electron chi connectivity index (χ4n) is 2.59. The van der Waals surface area contributed by atoms with Crippen molar-refractivity contribution < 1.29 is 0 Å². The largest absolute Gasteiger partial charge is 0.316 e. The summed E-state index contributed by atoms with van der Waals surface area (Å²) in [4.78, 5) is 2.37. The van der Waals surface area contributed by atoms with Gasteiger partial charge in [0.1, 0.15) is 0 Å². The molecule has 0 aromatic heterocycles. The van der Waals surface area contributed by atoms with E-state index in [4.69, 9.17) is 5.73 Å². The molecule has 3 rings (SSSR count). The molecule has 2 aromatic carbocycles. The van der Waals surface area contributed by atoms with E-state index in [2.05, 4.69) is 65.6 Å². The van der Waals surface area contributed by atoms with Crippen LogP contribution >= 0.6 is 0 Å². The molecule has 2 aromatic rings. The molecule has 0 amide bonds. The Morgan fingerprint density at radius 2 is 1.37 bits per heavy atom. The van der Waals surface area contributed by atoms with E-state index in [1.807, 2.05) is 0 Å². The predicted molar refractivity (Wildman–Crippen MR) is 80.8 cm³/mol. The summed E-state index contributed by atoms with van der Waals surface area (Å²) in [6.45, 7) is 1.08. The summed E-state index contributed by atoms with van der Waals surface area (Å²) in [5, 5.41) is 0. The Morgan fingerprint density at radius 1 is 0.895 bits per heavy atom. The summed E-state index contributed by atoms with van der Waals surface area (Å²) in [5.41, 5.74) is 8.76. The first kappa shape index (κ1) is 13.8. The van der Waals surface area contributed by atoms with Crippen molar-refractivity contribution in [2.24, 2.45) is 5.73 Å². The topological polar surface area (TPSA) is 29.3 Å². The van der Waals surface area contributed by atoms with E-state index in [1.165, 1.54) is 11.1 Å². The van der Waals surface area contributed by atoms with E-state index in [0.29, 0.717) is 0 Å². The molecule has 0 saturated carbocycles. The normalized spacial score (nSPS) is 18.7. The summed E-state index contributed by atoms with van der Waals surface area (Å²) >= 11 is 0. The molecule has 1 fully saturated rings. The Kier molecular flexibility index (Phi) is 4.35. The zero-order valence-corrected chi connectivity index (χ0v) is 10.4. The molecule has 2 heteroatoms. The number of likely N-dealkylation sites (tertiary alicyclic amines) is 1. The number of nitrogens with two attached hydrogens (primary N) is 1. The molecule has 100 valence electrons. The van der Waals surface area contributed by atoms with Crippen LogP contribution in [0.15, 0.2) is 60.7 Å². The molecule has 19 heavy (non-hydrogen) atoms. The van der Waals surface area contributed by atoms with Gasteiger partial charge < -0.3 is 5.73 Å². The lowest BCUT2D eigenvalue weighted by Crippen LogP contribution is -2.54. The number of nitrogens with zero attached hydrogens (tertiary/aromatic N) is 1. The van der Waals surface area contributed by atoms with Gasteiger partial charge in [-0.3, -0.25) is 4.90 Å². The SMILES string of the molecule is C.NC1CCN1C(c1ccccc1)c1ccccc1. The molecule has 1 unspecified atom stereocenters. The van der Waals surface area contributed by atoms with Gasteiger partial charge >= 0.3 is 0 Å². The van der Waals surface area contributed by atoms with Crippen molar-refractivity contribution in [1.29, 1.82) is 0 Å². The van der Waals surface area contributed by atoms with Gasteiger partial charge in [0.15, 0.2) is 0 Å². The third-order valence-electron chi connectivity index (χ3n) is 3.67. The van der Waals surface area contributed by atoms with Crippen LogP contribution in [0.4, 0.5) is 0 Å². The monoisotopic (exact) mass is 254 g/mol. The molecule has 1 aliphatic rings. The van der Waals surface area contributed by atoms with Crippen LogP contribution in [0.25, 0.3) is 0 Å². The standard InChI is InChI=1S/C16H18N2.CH4/c17-15-11-12-18(15)16(13-7-3-1-4-8-13)14-9-5-2-6-10-14;/h1-10,15-16H,11-12,17H2;1H4. The number of hydrogen-bond acceptors (Lipinski definition) is 2. The van der Waals surface area contributed by atoms with E-state index in [-0.39, 0.29) is 19.6 Å². The van der Waals surface area contributed by atoms with Gasteiger partial charge in [-0.1, -0.05) is 68.1 Å². The van der Waals surface area contributed by atoms with Gasteiger partial charge in [0, 0.05) is 6.54 Å². The molecule has 0 bridgehead atoms. The highest BCUT2D eigenvalue weighted by Crippen LogP contribution is 2.33. The van der Waals surface area contributed by atoms with Crippen LogP contribution in [0.3, 0.4) is 0 Å². The second-order valence-electron chi connectivity index (χ2n) is 4.82. The van der Waals surface area contributed by atoms with Crippen LogP contribution in [0, 0.1) is 0 Å². The van der Waals surface area contributed by atoms with Crippen molar-refractivity contribution in [3.05, 3.63) is 71.8 Å². The molecular formula is C17H22N2. The maximum absolute atomic E-state index is 6.12. The molecule has 0 radical (unpaired) electrons. The lowest BCUT2D eigenvalue weighted by atomic mass is 9.93. The number of hydrogen-bond donors (Lipinski definition) is 1. The van der Waals surface area contributed by atoms with Crippen LogP contribution in [0.2, 0.25) is 0 Å². The van der Waals surface area contributed by atoms with Gasteiger partial charge in [0.25, 0.3) is 0 Å². The Labute approximate surface area is 115 Å². The van der Waals surface area contributed by atoms with Gasteiger partial charge in [0.05, 0.1) is 12.2 Å². The minimum absolute atomic E-state index is 0. The van der Waals surface area contributed by atoms with Crippen molar-refractivity contribution in [3.8, 4) is 0 Å². The molecule has 0 aliphatic carbocycles. The van der Waals surface area contributed by atoms with Crippen molar-refractivity contribution in [3.63, 3.8) is 0 Å². The second-order valence-corrected chi connectivity index (χ2v) is 4.82. The second kappa shape index (κ2) is 6.00. The highest BCUT2D eigenvalue weighted by Gasteiger charge is 2.32. The molecule has 1 aliphatic heterocycles. The van der Waals surface area contributed by atoms with E-state index in [9.17, 15) is 0 Å². The summed E-state index contributed by atoms with van der Waals surface area (Å²) < 4.78 is 0. The summed E-state index contributed by atoms with van der Waals surface area (Å²) in [6, 6.07) is 21.5. The molecule has 1 heterocycles. The van der Waals surface area contributed by atoms with Gasteiger partial charge in [-0.2, -0.15) is 0 Å². The van der Waals surface area contributed by atoms with Crippen LogP contribution in [-0.2, 0) is 0 Å². The minimum atomic E-state index is 0. The van der Waals surface area contributed by atoms with Crippen LogP contribution in [-0.4, -0.2) is 17.6 Å². The van der Waals surface area contributed by atoms with Gasteiger partial charge in [-0.05, 0) is 17.5 Å². The van der Waals surface area contributed by atoms with Crippen molar-refractivity contribution >= 4 is 0 Å². The first-order chi connectivity index (χ1) is 8.86. The zero-order chi connectivity index (χ0) is 12.4. The molecule has 1 atom stereocenters. The van der Waals surface area contributed by atoms with E-state index >= 15 is 0 Å². The summed E-state index contributed by atoms with van der Waals surface area (Å²) in [6.07, 6.45) is 1.28. The fourth-order valence-corrected chi connectivity index (χ4v) is 2.59. The van der Waals surface area contributed by atoms with E-state index < -0.39 is 0 Å². The number of benzene rings is 2. The lowest BCUT2D eigenvalue weighted by molar-refractivity contribution is 0.0617. The summed E-state index contributed by atoms with van der Waals surface area (Å²) in [5.74, 6) is 0. The Hall–Kier alpha value is -1.64. The quantitative estimate of drug-likeness (QED) is 0.909. The highest BCUT2D eigenvalue weighted by atomic mass is 15.3. The van der Waals surface area contributed by atoms with Crippen molar-refractivity contribution in [2.75, 3.05) is 6.54 Å². The smallest absolute Gasteiger partial charge is 0.0615 e. The molecule has 2 nitrogen and oxygen atoms in total. The average molecular weight is 254 g/mol. The Balaban J connectivity index is 0.00000133. The lowest BCUT2D eigenvalue weighted by Gasteiger charge is -2.44. The van der Waals surface area contributed by atoms with E-state index in [1.54, 1.807) is 0 Å². The molecule has 2 N–H and O–H groups in total. The van der Waals surface area contributed by atoms with Crippen LogP contribution in [0.5, 0.6) is 0 Å². The van der Waals surface area contributed by atoms with Crippen molar-refractivity contribution in [2.45, 2.75) is 26.1 Å². The third-order valence-corrected chi connectivity index (χ3v) is 3.67. The maximum atomic E-state index is 6.12. The van der Waals surface area contributed by atoms with Crippen LogP contribution in [0.1, 0.15) is 31.0 Å². The average Bonchev–Trinajstić information content (AvgIpc) is 2.45. The van der Waals surface area contributed by atoms with Gasteiger partial charge in [0.2, 0.25) is 0 Å². The Morgan fingerprint density at radius 3 is 1.68 bits per heavy atom. The van der Waals surface area contributed by atoms with E-state index in [0.717, 1.165) is 13.0 Å². The Bertz CT molecular complexity index is 456.